The predicted octanol–water partition coefficient (Wildman–Crippen LogP) is 1.93. The fourth-order valence-electron chi connectivity index (χ4n) is 0.944. The maximum atomic E-state index is 11.0. The second kappa shape index (κ2) is 3.58. The summed E-state index contributed by atoms with van der Waals surface area (Å²) in [5.41, 5.74) is 0.736. The highest BCUT2D eigenvalue weighted by atomic mass is 35.5. The molecule has 0 aliphatic heterocycles. The molecule has 1 heterocycles. The average molecular weight is 172 g/mol. The van der Waals surface area contributed by atoms with E-state index in [-0.39, 0.29) is 0 Å². The zero-order chi connectivity index (χ0) is 8.27. The summed E-state index contributed by atoms with van der Waals surface area (Å²) in [6, 6.07) is 3.30. The molecule has 1 aromatic heterocycles. The first-order valence-corrected chi connectivity index (χ1v) is 3.99. The molecule has 11 heavy (non-hydrogen) atoms. The molecule has 0 atom stereocenters. The molecule has 0 saturated heterocycles. The van der Waals surface area contributed by atoms with Crippen molar-refractivity contribution in [3.05, 3.63) is 34.3 Å². The van der Waals surface area contributed by atoms with Crippen LogP contribution in [0.1, 0.15) is 19.0 Å². The minimum atomic E-state index is 0.626. The van der Waals surface area contributed by atoms with Crippen LogP contribution in [0.15, 0.2) is 18.3 Å². The molecule has 3 heteroatoms. The van der Waals surface area contributed by atoms with E-state index >= 15 is 0 Å². The van der Waals surface area contributed by atoms with Gasteiger partial charge in [0.2, 0.25) is 0 Å². The van der Waals surface area contributed by atoms with E-state index in [4.69, 9.17) is 11.6 Å². The summed E-state index contributed by atoms with van der Waals surface area (Å²) >= 11 is 5.70. The Labute approximate surface area is 71.0 Å². The lowest BCUT2D eigenvalue weighted by Crippen LogP contribution is -2.30. The fourth-order valence-corrected chi connectivity index (χ4v) is 1.13. The SMILES string of the molecule is CCCc1cc(Cl)cc[n+]1[O-]. The first-order chi connectivity index (χ1) is 5.24. The Morgan fingerprint density at radius 2 is 2.36 bits per heavy atom. The lowest BCUT2D eigenvalue weighted by atomic mass is 10.2. The Bertz CT molecular complexity index is 250. The molecule has 0 unspecified atom stereocenters. The van der Waals surface area contributed by atoms with E-state index in [0.717, 1.165) is 23.3 Å². The van der Waals surface area contributed by atoms with Gasteiger partial charge < -0.3 is 5.21 Å². The van der Waals surface area contributed by atoms with E-state index in [1.54, 1.807) is 12.1 Å². The molecule has 0 radical (unpaired) electrons. The minimum Gasteiger partial charge on any atom is -0.619 e. The third-order valence-corrected chi connectivity index (χ3v) is 1.70. The van der Waals surface area contributed by atoms with E-state index in [1.807, 2.05) is 6.92 Å². The van der Waals surface area contributed by atoms with Crippen LogP contribution in [-0.2, 0) is 6.42 Å². The number of nitrogens with zero attached hydrogens (tertiary/aromatic N) is 1. The van der Waals surface area contributed by atoms with Crippen molar-refractivity contribution >= 4 is 11.6 Å². The normalized spacial score (nSPS) is 10.0. The summed E-state index contributed by atoms with van der Waals surface area (Å²) in [6.45, 7) is 2.03. The van der Waals surface area contributed by atoms with Crippen molar-refractivity contribution in [1.82, 2.24) is 0 Å². The Morgan fingerprint density at radius 1 is 1.64 bits per heavy atom. The first-order valence-electron chi connectivity index (χ1n) is 3.61. The van der Waals surface area contributed by atoms with Crippen molar-refractivity contribution in [3.63, 3.8) is 0 Å². The molecule has 0 spiro atoms. The van der Waals surface area contributed by atoms with Crippen LogP contribution in [0.4, 0.5) is 0 Å². The number of hydrogen-bond donors (Lipinski definition) is 0. The molecule has 60 valence electrons. The van der Waals surface area contributed by atoms with Gasteiger partial charge >= 0.3 is 0 Å². The van der Waals surface area contributed by atoms with Crippen molar-refractivity contribution in [2.24, 2.45) is 0 Å². The Kier molecular flexibility index (Phi) is 2.71. The van der Waals surface area contributed by atoms with Crippen molar-refractivity contribution in [2.75, 3.05) is 0 Å². The Balaban J connectivity index is 2.93. The second-order valence-corrected chi connectivity index (χ2v) is 2.85. The van der Waals surface area contributed by atoms with Crippen LogP contribution in [-0.4, -0.2) is 0 Å². The minimum absolute atomic E-state index is 0.626. The van der Waals surface area contributed by atoms with Crippen molar-refractivity contribution in [2.45, 2.75) is 19.8 Å². The van der Waals surface area contributed by atoms with Crippen molar-refractivity contribution in [1.29, 1.82) is 0 Å². The predicted molar refractivity (Wildman–Crippen MR) is 44.4 cm³/mol. The summed E-state index contributed by atoms with van der Waals surface area (Å²) in [5.74, 6) is 0. The summed E-state index contributed by atoms with van der Waals surface area (Å²) in [6.07, 6.45) is 3.18. The van der Waals surface area contributed by atoms with Gasteiger partial charge in [0, 0.05) is 18.6 Å². The fraction of sp³-hybridized carbons (Fsp3) is 0.375. The molecule has 0 bridgehead atoms. The van der Waals surface area contributed by atoms with E-state index in [0.29, 0.717) is 5.02 Å². The van der Waals surface area contributed by atoms with Gasteiger partial charge in [-0.25, -0.2) is 0 Å². The topological polar surface area (TPSA) is 26.9 Å². The monoisotopic (exact) mass is 171 g/mol. The molecular formula is C8H10ClNO. The largest absolute Gasteiger partial charge is 0.619 e. The van der Waals surface area contributed by atoms with Gasteiger partial charge in [-0.05, 0) is 6.42 Å². The highest BCUT2D eigenvalue weighted by molar-refractivity contribution is 6.30. The standard InChI is InChI=1S/C8H10ClNO/c1-2-3-8-6-7(9)4-5-10(8)11/h4-6H,2-3H2,1H3. The third-order valence-electron chi connectivity index (χ3n) is 1.46. The lowest BCUT2D eigenvalue weighted by molar-refractivity contribution is -0.614. The molecular weight excluding hydrogens is 162 g/mol. The van der Waals surface area contributed by atoms with Crippen LogP contribution >= 0.6 is 11.6 Å². The van der Waals surface area contributed by atoms with Crippen LogP contribution in [0, 0.1) is 5.21 Å². The van der Waals surface area contributed by atoms with Crippen LogP contribution in [0.5, 0.6) is 0 Å². The quantitative estimate of drug-likeness (QED) is 0.494. The third kappa shape index (κ3) is 2.09. The zero-order valence-electron chi connectivity index (χ0n) is 6.38. The summed E-state index contributed by atoms with van der Waals surface area (Å²) in [5, 5.41) is 11.6. The van der Waals surface area contributed by atoms with E-state index in [9.17, 15) is 5.21 Å². The van der Waals surface area contributed by atoms with Gasteiger partial charge in [0.1, 0.15) is 0 Å². The molecule has 0 N–H and O–H groups in total. The van der Waals surface area contributed by atoms with Gasteiger partial charge in [0.05, 0.1) is 5.02 Å². The van der Waals surface area contributed by atoms with Gasteiger partial charge in [-0.15, -0.1) is 0 Å². The highest BCUT2D eigenvalue weighted by Crippen LogP contribution is 2.07. The molecule has 0 aromatic carbocycles. The van der Waals surface area contributed by atoms with Crippen LogP contribution in [0.2, 0.25) is 5.02 Å². The number of pyridine rings is 1. The lowest BCUT2D eigenvalue weighted by Gasteiger charge is -2.01. The maximum absolute atomic E-state index is 11.0. The summed E-state index contributed by atoms with van der Waals surface area (Å²) in [7, 11) is 0. The van der Waals surface area contributed by atoms with Crippen molar-refractivity contribution in [3.8, 4) is 0 Å². The highest BCUT2D eigenvalue weighted by Gasteiger charge is 2.03. The number of halogens is 1. The number of aryl methyl sites for hydroxylation is 1. The number of rotatable bonds is 2. The second-order valence-electron chi connectivity index (χ2n) is 2.41. The Morgan fingerprint density at radius 3 is 3.00 bits per heavy atom. The van der Waals surface area contributed by atoms with Gasteiger partial charge in [-0.3, -0.25) is 0 Å². The number of aromatic nitrogens is 1. The van der Waals surface area contributed by atoms with Crippen molar-refractivity contribution < 1.29 is 4.73 Å². The molecule has 1 aromatic rings. The molecule has 2 nitrogen and oxygen atoms in total. The molecule has 0 amide bonds. The first kappa shape index (κ1) is 8.34. The number of hydrogen-bond acceptors (Lipinski definition) is 1. The molecule has 0 saturated carbocycles. The van der Waals surface area contributed by atoms with E-state index in [1.165, 1.54) is 6.20 Å². The molecule has 0 aliphatic rings. The van der Waals surface area contributed by atoms with E-state index in [2.05, 4.69) is 0 Å². The molecule has 0 aliphatic carbocycles. The average Bonchev–Trinajstić information content (AvgIpc) is 1.98. The maximum Gasteiger partial charge on any atom is 0.194 e. The van der Waals surface area contributed by atoms with Gasteiger partial charge in [-0.1, -0.05) is 18.5 Å². The van der Waals surface area contributed by atoms with Gasteiger partial charge in [0.15, 0.2) is 11.9 Å². The summed E-state index contributed by atoms with van der Waals surface area (Å²) < 4.78 is 0.857. The van der Waals surface area contributed by atoms with Gasteiger partial charge in [0.25, 0.3) is 0 Å². The molecule has 0 fully saturated rings. The molecule has 1 rings (SSSR count). The van der Waals surface area contributed by atoms with Gasteiger partial charge in [-0.2, -0.15) is 4.73 Å². The van der Waals surface area contributed by atoms with Crippen LogP contribution in [0.25, 0.3) is 0 Å². The zero-order valence-corrected chi connectivity index (χ0v) is 7.14. The van der Waals surface area contributed by atoms with Crippen LogP contribution < -0.4 is 4.73 Å². The Hall–Kier alpha value is -0.760. The van der Waals surface area contributed by atoms with Crippen LogP contribution in [0.3, 0.4) is 0 Å². The van der Waals surface area contributed by atoms with E-state index < -0.39 is 0 Å². The smallest absolute Gasteiger partial charge is 0.194 e. The summed E-state index contributed by atoms with van der Waals surface area (Å²) in [4.78, 5) is 0.